The highest BCUT2D eigenvalue weighted by molar-refractivity contribution is 7.15. The molecule has 0 saturated heterocycles. The van der Waals surface area contributed by atoms with Crippen LogP contribution in [-0.2, 0) is 4.74 Å². The molecule has 0 saturated carbocycles. The SMILES string of the molecule is COCCN(C(=O)c1ccc(OC)cc1)c1nnc(C)s1. The molecule has 1 aromatic carbocycles. The van der Waals surface area contributed by atoms with Crippen LogP contribution in [0.5, 0.6) is 5.75 Å². The summed E-state index contributed by atoms with van der Waals surface area (Å²) in [6.45, 7) is 2.71. The van der Waals surface area contributed by atoms with Gasteiger partial charge >= 0.3 is 0 Å². The molecule has 1 aromatic heterocycles. The van der Waals surface area contributed by atoms with Crippen molar-refractivity contribution in [3.8, 4) is 5.75 Å². The molecule has 0 aliphatic carbocycles. The van der Waals surface area contributed by atoms with Gasteiger partial charge in [-0.1, -0.05) is 11.3 Å². The number of amides is 1. The third-order valence-corrected chi connectivity index (χ3v) is 3.71. The maximum absolute atomic E-state index is 12.6. The standard InChI is InChI=1S/C14H17N3O3S/c1-10-15-16-14(21-10)17(8-9-19-2)13(18)11-4-6-12(20-3)7-5-11/h4-7H,8-9H2,1-3H3. The minimum atomic E-state index is -0.133. The number of methoxy groups -OCH3 is 2. The fraction of sp³-hybridized carbons (Fsp3) is 0.357. The van der Waals surface area contributed by atoms with E-state index in [1.54, 1.807) is 43.4 Å². The molecule has 0 atom stereocenters. The first-order valence-electron chi connectivity index (χ1n) is 6.40. The Kier molecular flexibility index (Phi) is 5.24. The second kappa shape index (κ2) is 7.14. The smallest absolute Gasteiger partial charge is 0.260 e. The highest BCUT2D eigenvalue weighted by Gasteiger charge is 2.20. The highest BCUT2D eigenvalue weighted by Crippen LogP contribution is 2.22. The largest absolute Gasteiger partial charge is 0.497 e. The van der Waals surface area contributed by atoms with Crippen molar-refractivity contribution >= 4 is 22.4 Å². The minimum Gasteiger partial charge on any atom is -0.497 e. The highest BCUT2D eigenvalue weighted by atomic mass is 32.1. The second-order valence-corrected chi connectivity index (χ2v) is 5.44. The van der Waals surface area contributed by atoms with E-state index >= 15 is 0 Å². The zero-order valence-corrected chi connectivity index (χ0v) is 13.0. The lowest BCUT2D eigenvalue weighted by Crippen LogP contribution is -2.33. The zero-order valence-electron chi connectivity index (χ0n) is 12.2. The molecule has 2 aromatic rings. The van der Waals surface area contributed by atoms with Crippen molar-refractivity contribution in [1.29, 1.82) is 0 Å². The number of carbonyl (C=O) groups is 1. The predicted octanol–water partition coefficient (Wildman–Crippen LogP) is 2.15. The van der Waals surface area contributed by atoms with Crippen LogP contribution in [0.25, 0.3) is 0 Å². The van der Waals surface area contributed by atoms with Crippen molar-refractivity contribution in [2.45, 2.75) is 6.92 Å². The van der Waals surface area contributed by atoms with Crippen LogP contribution in [0.1, 0.15) is 15.4 Å². The number of rotatable bonds is 6. The van der Waals surface area contributed by atoms with E-state index in [-0.39, 0.29) is 5.91 Å². The number of carbonyl (C=O) groups excluding carboxylic acids is 1. The van der Waals surface area contributed by atoms with Gasteiger partial charge in [0.05, 0.1) is 20.3 Å². The first-order chi connectivity index (χ1) is 10.2. The van der Waals surface area contributed by atoms with Crippen LogP contribution in [0.15, 0.2) is 24.3 Å². The summed E-state index contributed by atoms with van der Waals surface area (Å²) < 4.78 is 10.2. The van der Waals surface area contributed by atoms with Crippen LogP contribution in [0.4, 0.5) is 5.13 Å². The zero-order chi connectivity index (χ0) is 15.2. The summed E-state index contributed by atoms with van der Waals surface area (Å²) in [4.78, 5) is 14.2. The third-order valence-electron chi connectivity index (χ3n) is 2.85. The molecule has 21 heavy (non-hydrogen) atoms. The molecule has 0 aliphatic heterocycles. The Bertz CT molecular complexity index is 598. The van der Waals surface area contributed by atoms with E-state index < -0.39 is 0 Å². The molecule has 2 rings (SSSR count). The lowest BCUT2D eigenvalue weighted by molar-refractivity contribution is 0.0975. The summed E-state index contributed by atoms with van der Waals surface area (Å²) in [5, 5.41) is 9.39. The molecular formula is C14H17N3O3S. The third kappa shape index (κ3) is 3.77. The number of ether oxygens (including phenoxy) is 2. The summed E-state index contributed by atoms with van der Waals surface area (Å²) in [5.74, 6) is 0.576. The van der Waals surface area contributed by atoms with E-state index in [1.165, 1.54) is 11.3 Å². The molecule has 0 radical (unpaired) electrons. The van der Waals surface area contributed by atoms with Crippen molar-refractivity contribution in [2.24, 2.45) is 0 Å². The second-order valence-electron chi connectivity index (χ2n) is 4.28. The quantitative estimate of drug-likeness (QED) is 0.818. The molecule has 6 nitrogen and oxygen atoms in total. The van der Waals surface area contributed by atoms with Gasteiger partial charge in [0.2, 0.25) is 5.13 Å². The average Bonchev–Trinajstić information content (AvgIpc) is 2.94. The Balaban J connectivity index is 2.24. The van der Waals surface area contributed by atoms with Crippen molar-refractivity contribution in [1.82, 2.24) is 10.2 Å². The first kappa shape index (κ1) is 15.4. The maximum Gasteiger partial charge on any atom is 0.260 e. The van der Waals surface area contributed by atoms with E-state index in [1.807, 2.05) is 6.92 Å². The van der Waals surface area contributed by atoms with Gasteiger partial charge in [-0.3, -0.25) is 9.69 Å². The Morgan fingerprint density at radius 3 is 2.48 bits per heavy atom. The number of nitrogens with zero attached hydrogens (tertiary/aromatic N) is 3. The number of anilines is 1. The Hall–Kier alpha value is -1.99. The van der Waals surface area contributed by atoms with Crippen LogP contribution in [0, 0.1) is 6.92 Å². The topological polar surface area (TPSA) is 64.5 Å². The number of aryl methyl sites for hydroxylation is 1. The molecule has 0 bridgehead atoms. The number of hydrogen-bond donors (Lipinski definition) is 0. The Labute approximate surface area is 127 Å². The molecule has 1 amide bonds. The molecular weight excluding hydrogens is 290 g/mol. The summed E-state index contributed by atoms with van der Waals surface area (Å²) in [6, 6.07) is 6.98. The van der Waals surface area contributed by atoms with Crippen molar-refractivity contribution in [2.75, 3.05) is 32.3 Å². The van der Waals surface area contributed by atoms with E-state index in [0.29, 0.717) is 29.6 Å². The van der Waals surface area contributed by atoms with Gasteiger partial charge in [-0.15, -0.1) is 10.2 Å². The Morgan fingerprint density at radius 2 is 1.95 bits per heavy atom. The van der Waals surface area contributed by atoms with Gasteiger partial charge in [0, 0.05) is 12.7 Å². The van der Waals surface area contributed by atoms with Crippen molar-refractivity contribution in [3.05, 3.63) is 34.8 Å². The molecule has 112 valence electrons. The molecule has 1 heterocycles. The fourth-order valence-corrected chi connectivity index (χ4v) is 2.46. The molecule has 0 fully saturated rings. The van der Waals surface area contributed by atoms with Crippen LogP contribution in [0.3, 0.4) is 0 Å². The molecule has 0 unspecified atom stereocenters. The number of hydrogen-bond acceptors (Lipinski definition) is 6. The lowest BCUT2D eigenvalue weighted by Gasteiger charge is -2.19. The summed E-state index contributed by atoms with van der Waals surface area (Å²) >= 11 is 1.38. The summed E-state index contributed by atoms with van der Waals surface area (Å²) in [6.07, 6.45) is 0. The molecule has 0 N–H and O–H groups in total. The Morgan fingerprint density at radius 1 is 1.24 bits per heavy atom. The van der Waals surface area contributed by atoms with Crippen LogP contribution < -0.4 is 9.64 Å². The van der Waals surface area contributed by atoms with Gasteiger partial charge in [0.25, 0.3) is 5.91 Å². The minimum absolute atomic E-state index is 0.133. The summed E-state index contributed by atoms with van der Waals surface area (Å²) in [5.41, 5.74) is 0.569. The van der Waals surface area contributed by atoms with E-state index in [0.717, 1.165) is 5.01 Å². The molecule has 0 aliphatic rings. The van der Waals surface area contributed by atoms with Gasteiger partial charge in [0.1, 0.15) is 10.8 Å². The lowest BCUT2D eigenvalue weighted by atomic mass is 10.2. The van der Waals surface area contributed by atoms with Gasteiger partial charge < -0.3 is 9.47 Å². The van der Waals surface area contributed by atoms with Crippen molar-refractivity contribution < 1.29 is 14.3 Å². The van der Waals surface area contributed by atoms with Gasteiger partial charge in [-0.05, 0) is 31.2 Å². The fourth-order valence-electron chi connectivity index (χ4n) is 1.75. The van der Waals surface area contributed by atoms with Crippen LogP contribution >= 0.6 is 11.3 Å². The monoisotopic (exact) mass is 307 g/mol. The molecule has 7 heteroatoms. The van der Waals surface area contributed by atoms with Crippen LogP contribution in [-0.4, -0.2) is 43.5 Å². The van der Waals surface area contributed by atoms with E-state index in [2.05, 4.69) is 10.2 Å². The van der Waals surface area contributed by atoms with E-state index in [9.17, 15) is 4.79 Å². The summed E-state index contributed by atoms with van der Waals surface area (Å²) in [7, 11) is 3.19. The van der Waals surface area contributed by atoms with Gasteiger partial charge in [0.15, 0.2) is 0 Å². The number of aromatic nitrogens is 2. The normalized spacial score (nSPS) is 10.4. The molecule has 0 spiro atoms. The van der Waals surface area contributed by atoms with Gasteiger partial charge in [-0.25, -0.2) is 0 Å². The van der Waals surface area contributed by atoms with E-state index in [4.69, 9.17) is 9.47 Å². The van der Waals surface area contributed by atoms with Crippen LogP contribution in [0.2, 0.25) is 0 Å². The average molecular weight is 307 g/mol. The number of benzene rings is 1. The van der Waals surface area contributed by atoms with Crippen molar-refractivity contribution in [3.63, 3.8) is 0 Å². The first-order valence-corrected chi connectivity index (χ1v) is 7.22. The maximum atomic E-state index is 12.6. The predicted molar refractivity (Wildman–Crippen MR) is 81.2 cm³/mol. The van der Waals surface area contributed by atoms with Gasteiger partial charge in [-0.2, -0.15) is 0 Å².